The van der Waals surface area contributed by atoms with Gasteiger partial charge in [-0.3, -0.25) is 9.59 Å². The number of nitrogens with zero attached hydrogens (tertiary/aromatic N) is 1. The second-order valence-corrected chi connectivity index (χ2v) is 4.83. The molecule has 1 saturated heterocycles. The third-order valence-corrected chi connectivity index (χ3v) is 3.25. The maximum Gasteiger partial charge on any atom is 0.239 e. The minimum absolute atomic E-state index is 0.0603. The zero-order valence-corrected chi connectivity index (χ0v) is 11.2. The van der Waals surface area contributed by atoms with E-state index in [0.717, 1.165) is 5.56 Å². The minimum Gasteiger partial charge on any atom is -0.392 e. The summed E-state index contributed by atoms with van der Waals surface area (Å²) in [4.78, 5) is 25.4. The van der Waals surface area contributed by atoms with Gasteiger partial charge in [0.2, 0.25) is 11.8 Å². The highest BCUT2D eigenvalue weighted by Crippen LogP contribution is 2.19. The molecule has 0 saturated carbocycles. The van der Waals surface area contributed by atoms with Crippen LogP contribution in [0.1, 0.15) is 11.5 Å². The van der Waals surface area contributed by atoms with Crippen molar-refractivity contribution in [1.82, 2.24) is 10.2 Å². The molecular weight excluding hydrogens is 262 g/mol. The van der Waals surface area contributed by atoms with Crippen molar-refractivity contribution in [2.24, 2.45) is 5.73 Å². The molecule has 1 aromatic rings. The fourth-order valence-electron chi connectivity index (χ4n) is 2.08. The van der Waals surface area contributed by atoms with Gasteiger partial charge in [0.1, 0.15) is 5.92 Å². The second kappa shape index (κ2) is 5.79. The molecule has 6 heteroatoms. The predicted molar refractivity (Wildman–Crippen MR) is 75.6 cm³/mol. The number of nitrogens with two attached hydrogens (primary N) is 1. The Labute approximate surface area is 116 Å². The number of piperazine rings is 1. The van der Waals surface area contributed by atoms with Crippen LogP contribution in [0.4, 0.5) is 0 Å². The number of hydrogen-bond donors (Lipinski definition) is 2. The van der Waals surface area contributed by atoms with Crippen LogP contribution in [0.3, 0.4) is 0 Å². The van der Waals surface area contributed by atoms with Gasteiger partial charge in [-0.2, -0.15) is 0 Å². The largest absolute Gasteiger partial charge is 0.392 e. The number of rotatable bonds is 3. The summed E-state index contributed by atoms with van der Waals surface area (Å²) in [5.74, 6) is -1.04. The van der Waals surface area contributed by atoms with E-state index >= 15 is 0 Å². The smallest absolute Gasteiger partial charge is 0.239 e. The lowest BCUT2D eigenvalue weighted by Gasteiger charge is -2.30. The summed E-state index contributed by atoms with van der Waals surface area (Å²) in [5, 5.41) is 2.68. The normalized spacial score (nSPS) is 16.6. The Balaban J connectivity index is 2.22. The summed E-state index contributed by atoms with van der Waals surface area (Å²) in [6.07, 6.45) is 0. The summed E-state index contributed by atoms with van der Waals surface area (Å²) >= 11 is 5.00. The van der Waals surface area contributed by atoms with Crippen LogP contribution in [0.15, 0.2) is 30.3 Å². The molecule has 2 amide bonds. The lowest BCUT2D eigenvalue weighted by atomic mass is 9.97. The Bertz CT molecular complexity index is 504. The topological polar surface area (TPSA) is 75.4 Å². The van der Waals surface area contributed by atoms with Gasteiger partial charge in [-0.05, 0) is 5.56 Å². The zero-order chi connectivity index (χ0) is 13.8. The van der Waals surface area contributed by atoms with E-state index in [1.54, 1.807) is 0 Å². The number of benzene rings is 1. The summed E-state index contributed by atoms with van der Waals surface area (Å²) < 4.78 is 0. The molecule has 1 aromatic carbocycles. The summed E-state index contributed by atoms with van der Waals surface area (Å²) in [5.41, 5.74) is 6.45. The summed E-state index contributed by atoms with van der Waals surface area (Å²) in [6.45, 7) is 1.00. The fourth-order valence-corrected chi connectivity index (χ4v) is 2.32. The van der Waals surface area contributed by atoms with Gasteiger partial charge in [0.15, 0.2) is 0 Å². The van der Waals surface area contributed by atoms with Gasteiger partial charge in [0.05, 0.1) is 11.5 Å². The van der Waals surface area contributed by atoms with Crippen molar-refractivity contribution in [2.75, 3.05) is 19.6 Å². The Kier molecular flexibility index (Phi) is 4.11. The third kappa shape index (κ3) is 3.08. The highest BCUT2D eigenvalue weighted by atomic mass is 32.1. The van der Waals surface area contributed by atoms with Crippen LogP contribution in [0.2, 0.25) is 0 Å². The number of nitrogens with one attached hydrogen (secondary N) is 1. The highest BCUT2D eigenvalue weighted by Gasteiger charge is 2.30. The molecule has 0 aliphatic carbocycles. The van der Waals surface area contributed by atoms with Crippen molar-refractivity contribution in [3.05, 3.63) is 35.9 Å². The first kappa shape index (κ1) is 13.5. The molecule has 0 radical (unpaired) electrons. The molecule has 2 rings (SSSR count). The molecule has 3 N–H and O–H groups in total. The molecule has 1 aliphatic rings. The monoisotopic (exact) mass is 277 g/mol. The second-order valence-electron chi connectivity index (χ2n) is 4.36. The van der Waals surface area contributed by atoms with E-state index in [2.05, 4.69) is 5.32 Å². The van der Waals surface area contributed by atoms with Crippen LogP contribution in [0.25, 0.3) is 0 Å². The maximum absolute atomic E-state index is 12.5. The molecule has 1 unspecified atom stereocenters. The van der Waals surface area contributed by atoms with E-state index in [1.165, 1.54) is 4.90 Å². The van der Waals surface area contributed by atoms with Gasteiger partial charge >= 0.3 is 0 Å². The summed E-state index contributed by atoms with van der Waals surface area (Å²) in [7, 11) is 0. The molecule has 19 heavy (non-hydrogen) atoms. The minimum atomic E-state index is -0.665. The molecular formula is C13H15N3O2S. The number of thiocarbonyl (C=S) groups is 1. The zero-order valence-electron chi connectivity index (χ0n) is 10.3. The number of carbonyl (C=O) groups excluding carboxylic acids is 2. The molecule has 1 heterocycles. The van der Waals surface area contributed by atoms with Crippen LogP contribution in [-0.2, 0) is 9.59 Å². The van der Waals surface area contributed by atoms with Gasteiger partial charge in [-0.1, -0.05) is 42.5 Å². The van der Waals surface area contributed by atoms with Crippen molar-refractivity contribution in [3.8, 4) is 0 Å². The lowest BCUT2D eigenvalue weighted by molar-refractivity contribution is -0.138. The molecule has 1 atom stereocenters. The van der Waals surface area contributed by atoms with Crippen molar-refractivity contribution < 1.29 is 9.59 Å². The van der Waals surface area contributed by atoms with Crippen molar-refractivity contribution >= 4 is 29.0 Å². The van der Waals surface area contributed by atoms with Gasteiger partial charge in [-0.25, -0.2) is 0 Å². The first-order valence-electron chi connectivity index (χ1n) is 5.99. The number of hydrogen-bond acceptors (Lipinski definition) is 3. The standard InChI is InChI=1S/C13H15N3O2S/c14-12(19)11(9-4-2-1-3-5-9)13(18)16-7-6-15-10(17)8-16/h1-5,11H,6-8H2,(H2,14,19)(H,15,17). The van der Waals surface area contributed by atoms with Crippen LogP contribution in [0, 0.1) is 0 Å². The van der Waals surface area contributed by atoms with Gasteiger partial charge < -0.3 is 16.0 Å². The Hall–Kier alpha value is -1.95. The first-order valence-corrected chi connectivity index (χ1v) is 6.40. The molecule has 0 spiro atoms. The van der Waals surface area contributed by atoms with Crippen molar-refractivity contribution in [2.45, 2.75) is 5.92 Å². The predicted octanol–water partition coefficient (Wildman–Crippen LogP) is 0.0147. The van der Waals surface area contributed by atoms with E-state index in [9.17, 15) is 9.59 Å². The fraction of sp³-hybridized carbons (Fsp3) is 0.308. The quantitative estimate of drug-likeness (QED) is 0.764. The van der Waals surface area contributed by atoms with E-state index in [4.69, 9.17) is 18.0 Å². The highest BCUT2D eigenvalue weighted by molar-refractivity contribution is 7.80. The average Bonchev–Trinajstić information content (AvgIpc) is 2.39. The van der Waals surface area contributed by atoms with Crippen LogP contribution in [0.5, 0.6) is 0 Å². The summed E-state index contributed by atoms with van der Waals surface area (Å²) in [6, 6.07) is 9.14. The van der Waals surface area contributed by atoms with Gasteiger partial charge in [0.25, 0.3) is 0 Å². The van der Waals surface area contributed by atoms with E-state index < -0.39 is 5.92 Å². The van der Waals surface area contributed by atoms with E-state index in [1.807, 2.05) is 30.3 Å². The van der Waals surface area contributed by atoms with Crippen molar-refractivity contribution in [1.29, 1.82) is 0 Å². The Morgan fingerprint density at radius 2 is 2.05 bits per heavy atom. The molecule has 5 nitrogen and oxygen atoms in total. The third-order valence-electron chi connectivity index (χ3n) is 3.01. The molecule has 1 aliphatic heterocycles. The Morgan fingerprint density at radius 1 is 1.37 bits per heavy atom. The van der Waals surface area contributed by atoms with Gasteiger partial charge in [0, 0.05) is 13.1 Å². The maximum atomic E-state index is 12.5. The first-order chi connectivity index (χ1) is 9.09. The SMILES string of the molecule is NC(=S)C(C(=O)N1CCNC(=O)C1)c1ccccc1. The van der Waals surface area contributed by atoms with Gasteiger partial charge in [-0.15, -0.1) is 0 Å². The van der Waals surface area contributed by atoms with Crippen molar-refractivity contribution in [3.63, 3.8) is 0 Å². The van der Waals surface area contributed by atoms with E-state index in [-0.39, 0.29) is 23.3 Å². The van der Waals surface area contributed by atoms with Crippen LogP contribution in [-0.4, -0.2) is 41.3 Å². The number of amides is 2. The molecule has 0 bridgehead atoms. The van der Waals surface area contributed by atoms with Crippen LogP contribution < -0.4 is 11.1 Å². The molecule has 100 valence electrons. The van der Waals surface area contributed by atoms with E-state index in [0.29, 0.717) is 13.1 Å². The lowest BCUT2D eigenvalue weighted by Crippen LogP contribution is -2.52. The molecule has 1 fully saturated rings. The average molecular weight is 277 g/mol. The molecule has 0 aromatic heterocycles. The number of carbonyl (C=O) groups is 2. The van der Waals surface area contributed by atoms with Crippen LogP contribution >= 0.6 is 12.2 Å². The Morgan fingerprint density at radius 3 is 2.63 bits per heavy atom.